The van der Waals surface area contributed by atoms with Gasteiger partial charge in [0.1, 0.15) is 5.60 Å². The maximum atomic E-state index is 11.2. The van der Waals surface area contributed by atoms with Crippen LogP contribution in [0.3, 0.4) is 0 Å². The van der Waals surface area contributed by atoms with E-state index in [2.05, 4.69) is 0 Å². The predicted molar refractivity (Wildman–Crippen MR) is 70.5 cm³/mol. The molecule has 1 aromatic rings. The molecule has 0 spiro atoms. The highest BCUT2D eigenvalue weighted by atomic mass is 16.5. The van der Waals surface area contributed by atoms with Gasteiger partial charge in [-0.25, -0.2) is 0 Å². The summed E-state index contributed by atoms with van der Waals surface area (Å²) in [5.74, 6) is -0.918. The largest absolute Gasteiger partial charge is 0.493 e. The van der Waals surface area contributed by atoms with E-state index in [0.717, 1.165) is 0 Å². The van der Waals surface area contributed by atoms with Crippen LogP contribution in [0, 0.1) is 5.92 Å². The third-order valence-corrected chi connectivity index (χ3v) is 3.35. The van der Waals surface area contributed by atoms with Gasteiger partial charge >= 0.3 is 5.97 Å². The molecule has 0 fully saturated rings. The lowest BCUT2D eigenvalue weighted by atomic mass is 9.81. The first-order valence-corrected chi connectivity index (χ1v) is 6.06. The van der Waals surface area contributed by atoms with E-state index in [4.69, 9.17) is 9.47 Å². The van der Waals surface area contributed by atoms with Crippen molar-refractivity contribution in [2.24, 2.45) is 5.92 Å². The van der Waals surface area contributed by atoms with Gasteiger partial charge in [0.2, 0.25) is 0 Å². The normalized spacial score (nSPS) is 15.4. The average Bonchev–Trinajstić information content (AvgIpc) is 2.37. The second-order valence-electron chi connectivity index (χ2n) is 4.52. The van der Waals surface area contributed by atoms with Crippen LogP contribution in [0.1, 0.15) is 25.8 Å². The molecule has 1 rings (SSSR count). The molecule has 19 heavy (non-hydrogen) atoms. The molecule has 2 unspecified atom stereocenters. The number of carboxylic acids is 1. The number of aliphatic hydroxyl groups is 1. The first kappa shape index (κ1) is 15.3. The third-order valence-electron chi connectivity index (χ3n) is 3.35. The molecule has 0 saturated carbocycles. The quantitative estimate of drug-likeness (QED) is 0.825. The van der Waals surface area contributed by atoms with E-state index in [0.29, 0.717) is 23.5 Å². The first-order chi connectivity index (χ1) is 8.88. The fraction of sp³-hybridized carbons (Fsp3) is 0.500. The molecule has 0 heterocycles. The van der Waals surface area contributed by atoms with Crippen molar-refractivity contribution in [2.75, 3.05) is 14.2 Å². The average molecular weight is 268 g/mol. The van der Waals surface area contributed by atoms with Gasteiger partial charge in [0.25, 0.3) is 0 Å². The van der Waals surface area contributed by atoms with Crippen molar-refractivity contribution in [3.63, 3.8) is 0 Å². The van der Waals surface area contributed by atoms with E-state index in [1.54, 1.807) is 25.1 Å². The van der Waals surface area contributed by atoms with Crippen molar-refractivity contribution in [3.8, 4) is 11.5 Å². The van der Waals surface area contributed by atoms with E-state index in [1.807, 2.05) is 0 Å². The van der Waals surface area contributed by atoms with Gasteiger partial charge in [-0.15, -0.1) is 0 Å². The number of hydrogen-bond acceptors (Lipinski definition) is 4. The summed E-state index contributed by atoms with van der Waals surface area (Å²) in [6.45, 7) is 3.23. The van der Waals surface area contributed by atoms with Crippen molar-refractivity contribution in [2.45, 2.75) is 25.9 Å². The van der Waals surface area contributed by atoms with Crippen molar-refractivity contribution in [1.29, 1.82) is 0 Å². The number of hydrogen-bond donors (Lipinski definition) is 2. The van der Waals surface area contributed by atoms with Crippen LogP contribution in [0.5, 0.6) is 11.5 Å². The first-order valence-electron chi connectivity index (χ1n) is 6.06. The molecular weight excluding hydrogens is 248 g/mol. The highest BCUT2D eigenvalue weighted by Gasteiger charge is 2.38. The number of methoxy groups -OCH3 is 2. The van der Waals surface area contributed by atoms with Crippen LogP contribution in [0.4, 0.5) is 0 Å². The van der Waals surface area contributed by atoms with E-state index < -0.39 is 17.5 Å². The molecule has 2 N–H and O–H groups in total. The van der Waals surface area contributed by atoms with Gasteiger partial charge in [0.05, 0.1) is 20.1 Å². The summed E-state index contributed by atoms with van der Waals surface area (Å²) in [5, 5.41) is 19.7. The number of carbonyl (C=O) groups is 1. The molecule has 0 aliphatic heterocycles. The minimum absolute atomic E-state index is 0.330. The molecule has 0 saturated heterocycles. The summed E-state index contributed by atoms with van der Waals surface area (Å²) in [5.41, 5.74) is -0.987. The number of rotatable bonds is 6. The lowest BCUT2D eigenvalue weighted by molar-refractivity contribution is -0.152. The van der Waals surface area contributed by atoms with Gasteiger partial charge < -0.3 is 19.7 Å². The summed E-state index contributed by atoms with van der Waals surface area (Å²) in [4.78, 5) is 11.2. The highest BCUT2D eigenvalue weighted by Crippen LogP contribution is 2.37. The van der Waals surface area contributed by atoms with E-state index in [-0.39, 0.29) is 0 Å². The van der Waals surface area contributed by atoms with Gasteiger partial charge in [-0.2, -0.15) is 0 Å². The fourth-order valence-corrected chi connectivity index (χ4v) is 2.16. The molecule has 0 radical (unpaired) electrons. The monoisotopic (exact) mass is 268 g/mol. The van der Waals surface area contributed by atoms with Crippen LogP contribution in [0.2, 0.25) is 0 Å². The van der Waals surface area contributed by atoms with Crippen LogP contribution in [-0.2, 0) is 10.4 Å². The molecule has 0 aliphatic carbocycles. The molecule has 0 aromatic heterocycles. The highest BCUT2D eigenvalue weighted by molar-refractivity contribution is 5.72. The minimum Gasteiger partial charge on any atom is -0.493 e. The van der Waals surface area contributed by atoms with Gasteiger partial charge in [-0.3, -0.25) is 4.79 Å². The topological polar surface area (TPSA) is 76.0 Å². The van der Waals surface area contributed by atoms with Crippen molar-refractivity contribution >= 4 is 5.97 Å². The number of benzene rings is 1. The minimum atomic E-state index is -1.47. The molecule has 0 aliphatic rings. The summed E-state index contributed by atoms with van der Waals surface area (Å²) in [6, 6.07) is 4.90. The van der Waals surface area contributed by atoms with Gasteiger partial charge in [0.15, 0.2) is 11.5 Å². The Bertz CT molecular complexity index is 453. The molecule has 5 heteroatoms. The molecule has 1 aromatic carbocycles. The third kappa shape index (κ3) is 2.98. The lowest BCUT2D eigenvalue weighted by Gasteiger charge is -2.30. The van der Waals surface area contributed by atoms with Crippen molar-refractivity contribution in [1.82, 2.24) is 0 Å². The summed E-state index contributed by atoms with van der Waals surface area (Å²) in [6.07, 6.45) is 0.330. The molecule has 0 bridgehead atoms. The van der Waals surface area contributed by atoms with Gasteiger partial charge in [0, 0.05) is 0 Å². The maximum absolute atomic E-state index is 11.2. The van der Waals surface area contributed by atoms with E-state index in [1.165, 1.54) is 21.1 Å². The Hall–Kier alpha value is -1.75. The zero-order valence-electron chi connectivity index (χ0n) is 11.6. The van der Waals surface area contributed by atoms with Gasteiger partial charge in [-0.05, 0) is 31.0 Å². The van der Waals surface area contributed by atoms with Crippen LogP contribution < -0.4 is 9.47 Å². The lowest BCUT2D eigenvalue weighted by Crippen LogP contribution is -2.36. The number of carboxylic acid groups (broad SMARTS) is 1. The standard InChI is InChI=1S/C14H20O5/c1-5-10(13(15)16)14(2,17)9-6-7-11(18-3)12(8-9)19-4/h6-8,10,17H,5H2,1-4H3,(H,15,16). The number of aliphatic carboxylic acids is 1. The van der Waals surface area contributed by atoms with Crippen LogP contribution >= 0.6 is 0 Å². The molecular formula is C14H20O5. The Balaban J connectivity index is 3.24. The Labute approximate surface area is 112 Å². The Morgan fingerprint density at radius 3 is 2.32 bits per heavy atom. The molecule has 106 valence electrons. The van der Waals surface area contributed by atoms with Crippen LogP contribution in [0.15, 0.2) is 18.2 Å². The predicted octanol–water partition coefficient (Wildman–Crippen LogP) is 2.02. The van der Waals surface area contributed by atoms with Crippen LogP contribution in [-0.4, -0.2) is 30.4 Å². The zero-order valence-corrected chi connectivity index (χ0v) is 11.6. The summed E-state index contributed by atoms with van der Waals surface area (Å²) < 4.78 is 10.3. The maximum Gasteiger partial charge on any atom is 0.309 e. The smallest absolute Gasteiger partial charge is 0.309 e. The Morgan fingerprint density at radius 1 is 1.32 bits per heavy atom. The SMILES string of the molecule is CCC(C(=O)O)C(C)(O)c1ccc(OC)c(OC)c1. The van der Waals surface area contributed by atoms with E-state index >= 15 is 0 Å². The number of ether oxygens (including phenoxy) is 2. The van der Waals surface area contributed by atoms with Crippen molar-refractivity contribution < 1.29 is 24.5 Å². The Morgan fingerprint density at radius 2 is 1.89 bits per heavy atom. The Kier molecular flexibility index (Phi) is 4.78. The molecule has 0 amide bonds. The van der Waals surface area contributed by atoms with Crippen LogP contribution in [0.25, 0.3) is 0 Å². The summed E-state index contributed by atoms with van der Waals surface area (Å²) in [7, 11) is 3.01. The van der Waals surface area contributed by atoms with E-state index in [9.17, 15) is 15.0 Å². The second-order valence-corrected chi connectivity index (χ2v) is 4.52. The second kappa shape index (κ2) is 5.93. The summed E-state index contributed by atoms with van der Waals surface area (Å²) >= 11 is 0. The molecule has 5 nitrogen and oxygen atoms in total. The van der Waals surface area contributed by atoms with Gasteiger partial charge in [-0.1, -0.05) is 13.0 Å². The fourth-order valence-electron chi connectivity index (χ4n) is 2.16. The zero-order chi connectivity index (χ0) is 14.6. The van der Waals surface area contributed by atoms with Crippen molar-refractivity contribution in [3.05, 3.63) is 23.8 Å². The molecule has 2 atom stereocenters.